The number of hydrogen-bond acceptors (Lipinski definition) is 5. The number of H-pyrrole nitrogens is 1. The summed E-state index contributed by atoms with van der Waals surface area (Å²) in [5.74, 6) is 1.24. The van der Waals surface area contributed by atoms with Crippen molar-refractivity contribution in [2.75, 3.05) is 5.32 Å². The van der Waals surface area contributed by atoms with Crippen LogP contribution >= 0.6 is 0 Å². The number of aromatic nitrogens is 4. The summed E-state index contributed by atoms with van der Waals surface area (Å²) in [6.07, 6.45) is 9.09. The van der Waals surface area contributed by atoms with Gasteiger partial charge in [-0.05, 0) is 50.0 Å². The van der Waals surface area contributed by atoms with Crippen molar-refractivity contribution in [3.63, 3.8) is 0 Å². The van der Waals surface area contributed by atoms with Gasteiger partial charge in [-0.25, -0.2) is 9.97 Å². The standard InChI is InChI=1S/C20H25N5O/c26-18(11-6-14-4-2-1-3-5-14)15-7-9-16(10-8-15)24-19-17-12-23-25-20(17)22-13-21-19/h1-5,12-13,15-16,18,26H,6-11H2,(H2,21,22,23,24,25). The van der Waals surface area contributed by atoms with Gasteiger partial charge in [0.25, 0.3) is 0 Å². The van der Waals surface area contributed by atoms with E-state index in [1.165, 1.54) is 5.56 Å². The van der Waals surface area contributed by atoms with Crippen molar-refractivity contribution in [1.29, 1.82) is 0 Å². The van der Waals surface area contributed by atoms with Crippen LogP contribution in [0.25, 0.3) is 11.0 Å². The van der Waals surface area contributed by atoms with E-state index in [-0.39, 0.29) is 6.10 Å². The first-order chi connectivity index (χ1) is 12.8. The smallest absolute Gasteiger partial charge is 0.160 e. The number of hydrogen-bond donors (Lipinski definition) is 3. The van der Waals surface area contributed by atoms with E-state index in [4.69, 9.17) is 0 Å². The molecule has 1 saturated carbocycles. The zero-order chi connectivity index (χ0) is 17.8. The van der Waals surface area contributed by atoms with Gasteiger partial charge in [0.1, 0.15) is 12.1 Å². The molecule has 0 saturated heterocycles. The van der Waals surface area contributed by atoms with Crippen LogP contribution < -0.4 is 5.32 Å². The third-order valence-electron chi connectivity index (χ3n) is 5.48. The van der Waals surface area contributed by atoms with E-state index < -0.39 is 0 Å². The third-order valence-corrected chi connectivity index (χ3v) is 5.48. The second-order valence-corrected chi connectivity index (χ2v) is 7.20. The van der Waals surface area contributed by atoms with Crippen LogP contribution in [0.3, 0.4) is 0 Å². The van der Waals surface area contributed by atoms with Gasteiger partial charge in [-0.15, -0.1) is 0 Å². The molecule has 6 heteroatoms. The van der Waals surface area contributed by atoms with E-state index in [0.29, 0.717) is 12.0 Å². The third kappa shape index (κ3) is 3.85. The predicted molar refractivity (Wildman–Crippen MR) is 102 cm³/mol. The molecule has 2 heterocycles. The van der Waals surface area contributed by atoms with Crippen molar-refractivity contribution in [2.24, 2.45) is 5.92 Å². The van der Waals surface area contributed by atoms with Crippen LogP contribution in [0.15, 0.2) is 42.9 Å². The van der Waals surface area contributed by atoms with Crippen molar-refractivity contribution in [3.8, 4) is 0 Å². The quantitative estimate of drug-likeness (QED) is 0.634. The number of aliphatic hydroxyl groups is 1. The Bertz CT molecular complexity index is 826. The van der Waals surface area contributed by atoms with Gasteiger partial charge in [-0.3, -0.25) is 5.10 Å². The SMILES string of the molecule is OC(CCc1ccccc1)C1CCC(Nc2ncnc3[nH]ncc23)CC1. The highest BCUT2D eigenvalue weighted by molar-refractivity contribution is 5.85. The van der Waals surface area contributed by atoms with Crippen LogP contribution in [-0.4, -0.2) is 37.4 Å². The van der Waals surface area contributed by atoms with E-state index in [0.717, 1.165) is 55.4 Å². The highest BCUT2D eigenvalue weighted by atomic mass is 16.3. The summed E-state index contributed by atoms with van der Waals surface area (Å²) in [4.78, 5) is 8.53. The first kappa shape index (κ1) is 17.0. The van der Waals surface area contributed by atoms with E-state index in [9.17, 15) is 5.11 Å². The van der Waals surface area contributed by atoms with Crippen molar-refractivity contribution in [1.82, 2.24) is 20.2 Å². The lowest BCUT2D eigenvalue weighted by Crippen LogP contribution is -2.32. The second-order valence-electron chi connectivity index (χ2n) is 7.20. The Hall–Kier alpha value is -2.47. The highest BCUT2D eigenvalue weighted by Gasteiger charge is 2.26. The Kier molecular flexibility index (Phi) is 5.11. The normalized spacial score (nSPS) is 21.6. The summed E-state index contributed by atoms with van der Waals surface area (Å²) >= 11 is 0. The Balaban J connectivity index is 1.28. The minimum atomic E-state index is -0.212. The lowest BCUT2D eigenvalue weighted by Gasteiger charge is -2.32. The van der Waals surface area contributed by atoms with Crippen molar-refractivity contribution >= 4 is 16.9 Å². The van der Waals surface area contributed by atoms with Gasteiger partial charge in [0.05, 0.1) is 17.7 Å². The summed E-state index contributed by atoms with van der Waals surface area (Å²) in [7, 11) is 0. The average Bonchev–Trinajstić information content (AvgIpc) is 3.17. The summed E-state index contributed by atoms with van der Waals surface area (Å²) < 4.78 is 0. The predicted octanol–water partition coefficient (Wildman–Crippen LogP) is 3.32. The summed E-state index contributed by atoms with van der Waals surface area (Å²) in [5.41, 5.74) is 2.06. The molecule has 1 aliphatic rings. The molecule has 1 aliphatic carbocycles. The largest absolute Gasteiger partial charge is 0.393 e. The second kappa shape index (κ2) is 7.83. The van der Waals surface area contributed by atoms with E-state index in [1.807, 2.05) is 6.07 Å². The molecular formula is C20H25N5O. The Morgan fingerprint density at radius 3 is 2.73 bits per heavy atom. The van der Waals surface area contributed by atoms with Crippen LogP contribution in [0.5, 0.6) is 0 Å². The molecular weight excluding hydrogens is 326 g/mol. The van der Waals surface area contributed by atoms with Gasteiger partial charge < -0.3 is 10.4 Å². The molecule has 3 aromatic rings. The van der Waals surface area contributed by atoms with E-state index >= 15 is 0 Å². The minimum absolute atomic E-state index is 0.212. The average molecular weight is 351 g/mol. The molecule has 0 amide bonds. The summed E-state index contributed by atoms with van der Waals surface area (Å²) in [6, 6.07) is 10.8. The molecule has 2 aromatic heterocycles. The molecule has 6 nitrogen and oxygen atoms in total. The lowest BCUT2D eigenvalue weighted by molar-refractivity contribution is 0.0755. The molecule has 26 heavy (non-hydrogen) atoms. The molecule has 1 aromatic carbocycles. The fraction of sp³-hybridized carbons (Fsp3) is 0.450. The molecule has 0 bridgehead atoms. The molecule has 1 fully saturated rings. The monoisotopic (exact) mass is 351 g/mol. The van der Waals surface area contributed by atoms with Gasteiger partial charge in [0.15, 0.2) is 5.65 Å². The molecule has 0 radical (unpaired) electrons. The zero-order valence-corrected chi connectivity index (χ0v) is 14.8. The fourth-order valence-electron chi connectivity index (χ4n) is 3.92. The minimum Gasteiger partial charge on any atom is -0.393 e. The van der Waals surface area contributed by atoms with Crippen LogP contribution in [0.2, 0.25) is 0 Å². The number of nitrogens with one attached hydrogen (secondary N) is 2. The van der Waals surface area contributed by atoms with Crippen molar-refractivity contribution in [2.45, 2.75) is 50.7 Å². The fourth-order valence-corrected chi connectivity index (χ4v) is 3.92. The number of aliphatic hydroxyl groups excluding tert-OH is 1. The molecule has 0 aliphatic heterocycles. The molecule has 3 N–H and O–H groups in total. The number of aryl methyl sites for hydroxylation is 1. The van der Waals surface area contributed by atoms with Crippen LogP contribution in [0, 0.1) is 5.92 Å². The van der Waals surface area contributed by atoms with Crippen LogP contribution in [0.4, 0.5) is 5.82 Å². The molecule has 136 valence electrons. The maximum Gasteiger partial charge on any atom is 0.160 e. The van der Waals surface area contributed by atoms with Gasteiger partial charge in [0, 0.05) is 6.04 Å². The van der Waals surface area contributed by atoms with Gasteiger partial charge in [-0.2, -0.15) is 5.10 Å². The number of rotatable bonds is 6. The molecule has 1 unspecified atom stereocenters. The maximum absolute atomic E-state index is 10.6. The van der Waals surface area contributed by atoms with Gasteiger partial charge >= 0.3 is 0 Å². The lowest BCUT2D eigenvalue weighted by atomic mass is 9.81. The number of anilines is 1. The van der Waals surface area contributed by atoms with Crippen LogP contribution in [0.1, 0.15) is 37.7 Å². The highest BCUT2D eigenvalue weighted by Crippen LogP contribution is 2.31. The van der Waals surface area contributed by atoms with Crippen molar-refractivity contribution in [3.05, 3.63) is 48.4 Å². The van der Waals surface area contributed by atoms with Crippen molar-refractivity contribution < 1.29 is 5.11 Å². The Labute approximate surface area is 153 Å². The van der Waals surface area contributed by atoms with E-state index in [2.05, 4.69) is 49.7 Å². The summed E-state index contributed by atoms with van der Waals surface area (Å²) in [6.45, 7) is 0. The van der Waals surface area contributed by atoms with Gasteiger partial charge in [0.2, 0.25) is 0 Å². The number of fused-ring (bicyclic) bond motifs is 1. The number of benzene rings is 1. The molecule has 0 spiro atoms. The topological polar surface area (TPSA) is 86.7 Å². The van der Waals surface area contributed by atoms with E-state index in [1.54, 1.807) is 12.5 Å². The van der Waals surface area contributed by atoms with Gasteiger partial charge in [-0.1, -0.05) is 30.3 Å². The summed E-state index contributed by atoms with van der Waals surface area (Å²) in [5, 5.41) is 21.9. The maximum atomic E-state index is 10.6. The Morgan fingerprint density at radius 1 is 1.12 bits per heavy atom. The Morgan fingerprint density at radius 2 is 1.92 bits per heavy atom. The molecule has 4 rings (SSSR count). The first-order valence-corrected chi connectivity index (χ1v) is 9.42. The number of nitrogens with zero attached hydrogens (tertiary/aromatic N) is 3. The first-order valence-electron chi connectivity index (χ1n) is 9.42. The zero-order valence-electron chi connectivity index (χ0n) is 14.8. The molecule has 1 atom stereocenters. The van der Waals surface area contributed by atoms with Crippen LogP contribution in [-0.2, 0) is 6.42 Å². The number of aromatic amines is 1.